The van der Waals surface area contributed by atoms with Crippen molar-refractivity contribution in [1.29, 1.82) is 0 Å². The van der Waals surface area contributed by atoms with E-state index in [1.165, 1.54) is 6.92 Å². The summed E-state index contributed by atoms with van der Waals surface area (Å²) in [7, 11) is 0. The summed E-state index contributed by atoms with van der Waals surface area (Å²) < 4.78 is 11.3. The molecule has 31 heavy (non-hydrogen) atoms. The third-order valence-corrected chi connectivity index (χ3v) is 5.45. The molecule has 0 aliphatic heterocycles. The Morgan fingerprint density at radius 3 is 2.52 bits per heavy atom. The lowest BCUT2D eigenvalue weighted by molar-refractivity contribution is -0.131. The standard InChI is InChI=1S/C25H25Cl2NO3/c1-14(2)24-22(28-25(31-24)20-9-8-19(26)13-21(20)27)10-6-15(3)18-7-11-23(16(4)12-18)30-17(5)29/h6-9,11-14H,10H2,1-5H3. The van der Waals surface area contributed by atoms with Gasteiger partial charge in [-0.25, -0.2) is 4.98 Å². The second kappa shape index (κ2) is 9.71. The van der Waals surface area contributed by atoms with E-state index in [0.717, 1.165) is 33.7 Å². The molecule has 162 valence electrons. The number of rotatable bonds is 6. The molecule has 1 aromatic heterocycles. The number of hydrogen-bond acceptors (Lipinski definition) is 4. The number of aryl methyl sites for hydroxylation is 1. The minimum atomic E-state index is -0.327. The number of aromatic nitrogens is 1. The van der Waals surface area contributed by atoms with Crippen LogP contribution in [0.5, 0.6) is 5.75 Å². The Hall–Kier alpha value is -2.56. The number of ether oxygens (including phenoxy) is 1. The van der Waals surface area contributed by atoms with Gasteiger partial charge in [-0.3, -0.25) is 4.79 Å². The van der Waals surface area contributed by atoms with Gasteiger partial charge in [0, 0.05) is 24.3 Å². The fourth-order valence-electron chi connectivity index (χ4n) is 3.27. The first-order valence-electron chi connectivity index (χ1n) is 10.1. The summed E-state index contributed by atoms with van der Waals surface area (Å²) >= 11 is 12.4. The number of benzene rings is 2. The highest BCUT2D eigenvalue weighted by Crippen LogP contribution is 2.33. The van der Waals surface area contributed by atoms with Crippen molar-refractivity contribution in [3.05, 3.63) is 75.1 Å². The molecule has 0 atom stereocenters. The van der Waals surface area contributed by atoms with E-state index < -0.39 is 0 Å². The first-order valence-corrected chi connectivity index (χ1v) is 10.8. The monoisotopic (exact) mass is 457 g/mol. The van der Waals surface area contributed by atoms with Gasteiger partial charge in [0.25, 0.3) is 0 Å². The minimum Gasteiger partial charge on any atom is -0.441 e. The lowest BCUT2D eigenvalue weighted by Gasteiger charge is -2.08. The highest BCUT2D eigenvalue weighted by atomic mass is 35.5. The summed E-state index contributed by atoms with van der Waals surface area (Å²) in [5.41, 5.74) is 4.66. The number of nitrogens with zero attached hydrogens (tertiary/aromatic N) is 1. The van der Waals surface area contributed by atoms with Crippen molar-refractivity contribution in [3.63, 3.8) is 0 Å². The molecule has 3 rings (SSSR count). The third-order valence-electron chi connectivity index (χ3n) is 4.90. The van der Waals surface area contributed by atoms with Crippen molar-refractivity contribution in [1.82, 2.24) is 4.98 Å². The van der Waals surface area contributed by atoms with Crippen LogP contribution >= 0.6 is 23.2 Å². The van der Waals surface area contributed by atoms with Crippen LogP contribution in [0.2, 0.25) is 10.0 Å². The zero-order valence-corrected chi connectivity index (χ0v) is 19.8. The average Bonchev–Trinajstić information content (AvgIpc) is 3.11. The van der Waals surface area contributed by atoms with E-state index in [-0.39, 0.29) is 11.9 Å². The first kappa shape index (κ1) is 23.1. The van der Waals surface area contributed by atoms with Gasteiger partial charge < -0.3 is 9.15 Å². The highest BCUT2D eigenvalue weighted by molar-refractivity contribution is 6.36. The van der Waals surface area contributed by atoms with Crippen LogP contribution < -0.4 is 4.74 Å². The number of carbonyl (C=O) groups excluding carboxylic acids is 1. The molecule has 0 unspecified atom stereocenters. The molecule has 0 aliphatic carbocycles. The van der Waals surface area contributed by atoms with E-state index >= 15 is 0 Å². The van der Waals surface area contributed by atoms with Gasteiger partial charge in [0.2, 0.25) is 5.89 Å². The van der Waals surface area contributed by atoms with Gasteiger partial charge in [-0.15, -0.1) is 0 Å². The zero-order valence-electron chi connectivity index (χ0n) is 18.3. The molecule has 1 heterocycles. The van der Waals surface area contributed by atoms with Crippen LogP contribution in [0.25, 0.3) is 17.0 Å². The Balaban J connectivity index is 1.88. The molecule has 0 N–H and O–H groups in total. The summed E-state index contributed by atoms with van der Waals surface area (Å²) in [5.74, 6) is 1.76. The summed E-state index contributed by atoms with van der Waals surface area (Å²) in [5, 5.41) is 1.07. The molecule has 0 fully saturated rings. The van der Waals surface area contributed by atoms with Crippen molar-refractivity contribution in [3.8, 4) is 17.2 Å². The maximum Gasteiger partial charge on any atom is 0.308 e. The van der Waals surface area contributed by atoms with Crippen molar-refractivity contribution in [2.45, 2.75) is 47.0 Å². The van der Waals surface area contributed by atoms with Gasteiger partial charge >= 0.3 is 5.97 Å². The van der Waals surface area contributed by atoms with Gasteiger partial charge in [-0.05, 0) is 60.9 Å². The molecule has 4 nitrogen and oxygen atoms in total. The maximum absolute atomic E-state index is 11.2. The molecule has 3 aromatic rings. The second-order valence-corrected chi connectivity index (χ2v) is 8.62. The molecule has 0 saturated heterocycles. The lowest BCUT2D eigenvalue weighted by Crippen LogP contribution is -2.02. The topological polar surface area (TPSA) is 52.3 Å². The fraction of sp³-hybridized carbons (Fsp3) is 0.280. The van der Waals surface area contributed by atoms with Crippen LogP contribution in [0.15, 0.2) is 46.9 Å². The van der Waals surface area contributed by atoms with Gasteiger partial charge in [0.1, 0.15) is 11.5 Å². The van der Waals surface area contributed by atoms with Gasteiger partial charge in [-0.1, -0.05) is 49.2 Å². The smallest absolute Gasteiger partial charge is 0.308 e. The molecule has 2 aromatic carbocycles. The number of hydrogen-bond donors (Lipinski definition) is 0. The number of oxazole rings is 1. The van der Waals surface area contributed by atoms with Crippen LogP contribution in [0.4, 0.5) is 0 Å². The molecule has 6 heteroatoms. The molecule has 0 spiro atoms. The van der Waals surface area contributed by atoms with Crippen LogP contribution in [0, 0.1) is 6.92 Å². The van der Waals surface area contributed by atoms with Gasteiger partial charge in [-0.2, -0.15) is 0 Å². The second-order valence-electron chi connectivity index (χ2n) is 7.77. The Bertz CT molecular complexity index is 1150. The predicted octanol–water partition coefficient (Wildman–Crippen LogP) is 7.65. The molecular weight excluding hydrogens is 433 g/mol. The summed E-state index contributed by atoms with van der Waals surface area (Å²) in [4.78, 5) is 15.9. The molecule has 0 amide bonds. The van der Waals surface area contributed by atoms with Crippen molar-refractivity contribution in [2.24, 2.45) is 0 Å². The van der Waals surface area contributed by atoms with Crippen LogP contribution in [0.3, 0.4) is 0 Å². The summed E-state index contributed by atoms with van der Waals surface area (Å²) in [6, 6.07) is 11.0. The summed E-state index contributed by atoms with van der Waals surface area (Å²) in [6.45, 7) is 9.52. The maximum atomic E-state index is 11.2. The third kappa shape index (κ3) is 5.57. The molecule has 0 aliphatic rings. The van der Waals surface area contributed by atoms with E-state index in [9.17, 15) is 4.79 Å². The Morgan fingerprint density at radius 1 is 1.16 bits per heavy atom. The predicted molar refractivity (Wildman–Crippen MR) is 126 cm³/mol. The quantitative estimate of drug-likeness (QED) is 0.281. The molecule has 0 saturated carbocycles. The SMILES string of the molecule is CC(=O)Oc1ccc(C(C)=CCc2nc(-c3ccc(Cl)cc3Cl)oc2C(C)C)cc1C. The van der Waals surface area contributed by atoms with E-state index in [1.54, 1.807) is 12.1 Å². The van der Waals surface area contributed by atoms with Gasteiger partial charge in [0.05, 0.1) is 16.3 Å². The largest absolute Gasteiger partial charge is 0.441 e. The fourth-order valence-corrected chi connectivity index (χ4v) is 3.76. The average molecular weight is 458 g/mol. The van der Waals surface area contributed by atoms with Crippen LogP contribution in [-0.2, 0) is 11.2 Å². The van der Waals surface area contributed by atoms with Crippen molar-refractivity contribution < 1.29 is 13.9 Å². The zero-order chi connectivity index (χ0) is 22.7. The molecular formula is C25H25Cl2NO3. The van der Waals surface area contributed by atoms with E-state index in [2.05, 4.69) is 19.9 Å². The van der Waals surface area contributed by atoms with Crippen molar-refractivity contribution >= 4 is 34.7 Å². The number of halogens is 2. The normalized spacial score (nSPS) is 11.8. The Kier molecular flexibility index (Phi) is 7.24. The van der Waals surface area contributed by atoms with E-state index in [0.29, 0.717) is 28.1 Å². The van der Waals surface area contributed by atoms with Gasteiger partial charge in [0.15, 0.2) is 0 Å². The van der Waals surface area contributed by atoms with E-state index in [4.69, 9.17) is 37.3 Å². The number of carbonyl (C=O) groups is 1. The highest BCUT2D eigenvalue weighted by Gasteiger charge is 2.18. The Labute approximate surface area is 192 Å². The minimum absolute atomic E-state index is 0.182. The van der Waals surface area contributed by atoms with E-state index in [1.807, 2.05) is 38.1 Å². The van der Waals surface area contributed by atoms with Crippen LogP contribution in [-0.4, -0.2) is 11.0 Å². The van der Waals surface area contributed by atoms with Crippen LogP contribution in [0.1, 0.15) is 56.2 Å². The summed E-state index contributed by atoms with van der Waals surface area (Å²) in [6.07, 6.45) is 2.75. The molecule has 0 radical (unpaired) electrons. The number of allylic oxidation sites excluding steroid dienone is 2. The lowest BCUT2D eigenvalue weighted by atomic mass is 10.0. The Morgan fingerprint density at radius 2 is 1.90 bits per heavy atom. The number of esters is 1. The van der Waals surface area contributed by atoms with Crippen molar-refractivity contribution in [2.75, 3.05) is 0 Å². The molecule has 0 bridgehead atoms. The first-order chi connectivity index (χ1) is 14.7.